The third-order valence-corrected chi connectivity index (χ3v) is 3.03. The molecule has 2 aromatic carbocycles. The van der Waals surface area contributed by atoms with Crippen molar-refractivity contribution in [3.8, 4) is 11.1 Å². The average molecular weight is 223 g/mol. The van der Waals surface area contributed by atoms with E-state index in [-0.39, 0.29) is 0 Å². The minimum absolute atomic E-state index is 0.932. The van der Waals surface area contributed by atoms with E-state index in [4.69, 9.17) is 0 Å². The van der Waals surface area contributed by atoms with Crippen LogP contribution < -0.4 is 0 Å². The van der Waals surface area contributed by atoms with Gasteiger partial charge >= 0.3 is 0 Å². The minimum Gasteiger partial charge on any atom is -0.197 e. The van der Waals surface area contributed by atoms with Crippen molar-refractivity contribution in [3.05, 3.63) is 48.0 Å². The lowest BCUT2D eigenvalue weighted by atomic mass is 9.97. The lowest BCUT2D eigenvalue weighted by Gasteiger charge is -2.07. The van der Waals surface area contributed by atoms with Gasteiger partial charge < -0.3 is 0 Å². The molecule has 0 fully saturated rings. The van der Waals surface area contributed by atoms with Gasteiger partial charge in [-0.15, -0.1) is 0 Å². The highest BCUT2D eigenvalue weighted by Gasteiger charge is 2.10. The molecule has 17 heavy (non-hydrogen) atoms. The summed E-state index contributed by atoms with van der Waals surface area (Å²) >= 11 is 0. The van der Waals surface area contributed by atoms with Crippen molar-refractivity contribution < 1.29 is 0 Å². The fourth-order valence-electron chi connectivity index (χ4n) is 2.21. The fraction of sp³-hybridized carbons (Fsp3) is 0.143. The smallest absolute Gasteiger partial charge is 0.116 e. The lowest BCUT2D eigenvalue weighted by Crippen LogP contribution is -1.89. The monoisotopic (exact) mass is 223 g/mol. The normalized spacial score (nSPS) is 10.9. The molecule has 0 aliphatic heterocycles. The number of hydrogen-bond donors (Lipinski definition) is 1. The van der Waals surface area contributed by atoms with E-state index >= 15 is 0 Å². The van der Waals surface area contributed by atoms with Crippen molar-refractivity contribution in [2.45, 2.75) is 13.3 Å². The second-order valence-corrected chi connectivity index (χ2v) is 4.00. The first-order valence-corrected chi connectivity index (χ1v) is 5.78. The number of aryl methyl sites for hydroxylation is 1. The summed E-state index contributed by atoms with van der Waals surface area (Å²) < 4.78 is 0. The van der Waals surface area contributed by atoms with Crippen molar-refractivity contribution in [3.63, 3.8) is 0 Å². The van der Waals surface area contributed by atoms with Crippen LogP contribution in [0.5, 0.6) is 0 Å². The van der Waals surface area contributed by atoms with Crippen LogP contribution in [0.4, 0.5) is 0 Å². The van der Waals surface area contributed by atoms with Crippen LogP contribution in [0.2, 0.25) is 0 Å². The molecule has 0 aliphatic carbocycles. The van der Waals surface area contributed by atoms with Crippen LogP contribution in [0.1, 0.15) is 12.5 Å². The van der Waals surface area contributed by atoms with Crippen LogP contribution in [-0.4, -0.2) is 15.4 Å². The number of benzene rings is 2. The third kappa shape index (κ3) is 1.60. The molecule has 3 heteroatoms. The van der Waals surface area contributed by atoms with E-state index in [1.165, 1.54) is 16.7 Å². The molecule has 1 aromatic heterocycles. The van der Waals surface area contributed by atoms with Crippen LogP contribution in [0.3, 0.4) is 0 Å². The van der Waals surface area contributed by atoms with E-state index in [2.05, 4.69) is 52.7 Å². The van der Waals surface area contributed by atoms with Crippen molar-refractivity contribution in [1.29, 1.82) is 0 Å². The predicted molar refractivity (Wildman–Crippen MR) is 68.7 cm³/mol. The molecule has 3 nitrogen and oxygen atoms in total. The molecule has 0 amide bonds. The Bertz CT molecular complexity index is 641. The molecular formula is C14H13N3. The number of nitrogens with one attached hydrogen (secondary N) is 1. The first kappa shape index (κ1) is 10.0. The van der Waals surface area contributed by atoms with E-state index in [0.29, 0.717) is 0 Å². The van der Waals surface area contributed by atoms with Crippen molar-refractivity contribution >= 4 is 11.0 Å². The zero-order chi connectivity index (χ0) is 11.7. The highest BCUT2D eigenvalue weighted by Crippen LogP contribution is 2.28. The van der Waals surface area contributed by atoms with Gasteiger partial charge in [0.15, 0.2) is 0 Å². The van der Waals surface area contributed by atoms with Gasteiger partial charge in [-0.25, -0.2) is 0 Å². The summed E-state index contributed by atoms with van der Waals surface area (Å²) in [5, 5.41) is 11.1. The summed E-state index contributed by atoms with van der Waals surface area (Å²) in [5.74, 6) is 0. The fourth-order valence-corrected chi connectivity index (χ4v) is 2.21. The number of hydrogen-bond acceptors (Lipinski definition) is 2. The molecule has 0 spiro atoms. The van der Waals surface area contributed by atoms with Gasteiger partial charge in [0, 0.05) is 0 Å². The van der Waals surface area contributed by atoms with Gasteiger partial charge in [0.05, 0.1) is 0 Å². The van der Waals surface area contributed by atoms with Gasteiger partial charge in [0.25, 0.3) is 0 Å². The second-order valence-electron chi connectivity index (χ2n) is 4.00. The van der Waals surface area contributed by atoms with Gasteiger partial charge in [-0.1, -0.05) is 43.3 Å². The third-order valence-electron chi connectivity index (χ3n) is 3.03. The molecule has 0 aliphatic rings. The number of aromatic amines is 1. The van der Waals surface area contributed by atoms with Crippen LogP contribution in [0.25, 0.3) is 22.2 Å². The summed E-state index contributed by atoms with van der Waals surface area (Å²) in [4.78, 5) is 0. The largest absolute Gasteiger partial charge is 0.197 e. The maximum Gasteiger partial charge on any atom is 0.116 e. The standard InChI is InChI=1S/C14H13N3/c1-2-11-12(10-6-4-3-5-7-10)8-9-13-14(11)16-17-15-13/h3-9H,2H2,1H3,(H,15,16,17). The minimum atomic E-state index is 0.932. The maximum atomic E-state index is 4.24. The molecule has 0 unspecified atom stereocenters. The van der Waals surface area contributed by atoms with Gasteiger partial charge in [-0.3, -0.25) is 0 Å². The number of fused-ring (bicyclic) bond motifs is 1. The quantitative estimate of drug-likeness (QED) is 0.725. The molecular weight excluding hydrogens is 210 g/mol. The average Bonchev–Trinajstić information content (AvgIpc) is 2.86. The van der Waals surface area contributed by atoms with Gasteiger partial charge in [0.2, 0.25) is 0 Å². The van der Waals surface area contributed by atoms with Crippen LogP contribution >= 0.6 is 0 Å². The van der Waals surface area contributed by atoms with E-state index in [0.717, 1.165) is 17.5 Å². The van der Waals surface area contributed by atoms with E-state index in [1.807, 2.05) is 12.1 Å². The van der Waals surface area contributed by atoms with Crippen LogP contribution in [-0.2, 0) is 6.42 Å². The summed E-state index contributed by atoms with van der Waals surface area (Å²) in [6.45, 7) is 2.15. The van der Waals surface area contributed by atoms with Crippen molar-refractivity contribution in [2.24, 2.45) is 0 Å². The summed E-state index contributed by atoms with van der Waals surface area (Å²) in [6.07, 6.45) is 0.952. The highest BCUT2D eigenvalue weighted by molar-refractivity contribution is 5.86. The number of rotatable bonds is 2. The number of nitrogens with zero attached hydrogens (tertiary/aromatic N) is 2. The summed E-state index contributed by atoms with van der Waals surface area (Å²) in [7, 11) is 0. The Morgan fingerprint density at radius 2 is 1.82 bits per heavy atom. The Kier molecular flexibility index (Phi) is 2.37. The summed E-state index contributed by atoms with van der Waals surface area (Å²) in [5.41, 5.74) is 5.64. The Labute approximate surface area is 99.5 Å². The van der Waals surface area contributed by atoms with Crippen LogP contribution in [0, 0.1) is 0 Å². The Morgan fingerprint density at radius 1 is 1.00 bits per heavy atom. The van der Waals surface area contributed by atoms with E-state index in [9.17, 15) is 0 Å². The first-order valence-electron chi connectivity index (χ1n) is 5.78. The van der Waals surface area contributed by atoms with Crippen LogP contribution in [0.15, 0.2) is 42.5 Å². The Balaban J connectivity index is 2.29. The lowest BCUT2D eigenvalue weighted by molar-refractivity contribution is 0.956. The molecule has 3 aromatic rings. The van der Waals surface area contributed by atoms with Crippen molar-refractivity contribution in [1.82, 2.24) is 15.4 Å². The predicted octanol–water partition coefficient (Wildman–Crippen LogP) is 3.19. The Morgan fingerprint density at radius 3 is 2.59 bits per heavy atom. The van der Waals surface area contributed by atoms with E-state index < -0.39 is 0 Å². The molecule has 1 N–H and O–H groups in total. The maximum absolute atomic E-state index is 4.24. The first-order chi connectivity index (χ1) is 8.40. The van der Waals surface area contributed by atoms with E-state index in [1.54, 1.807) is 0 Å². The molecule has 0 saturated carbocycles. The highest BCUT2D eigenvalue weighted by atomic mass is 15.3. The van der Waals surface area contributed by atoms with Gasteiger partial charge in [0.1, 0.15) is 11.0 Å². The molecule has 1 heterocycles. The van der Waals surface area contributed by atoms with Crippen molar-refractivity contribution in [2.75, 3.05) is 0 Å². The number of aromatic nitrogens is 3. The molecule has 3 rings (SSSR count). The SMILES string of the molecule is CCc1c(-c2ccccc2)ccc2n[nH]nc12. The second kappa shape index (κ2) is 4.01. The molecule has 0 saturated heterocycles. The molecule has 84 valence electrons. The molecule has 0 atom stereocenters. The van der Waals surface area contributed by atoms with Gasteiger partial charge in [-0.05, 0) is 29.2 Å². The zero-order valence-corrected chi connectivity index (χ0v) is 9.64. The molecule has 0 bridgehead atoms. The summed E-state index contributed by atoms with van der Waals surface area (Å²) in [6, 6.07) is 14.5. The zero-order valence-electron chi connectivity index (χ0n) is 9.64. The van der Waals surface area contributed by atoms with Gasteiger partial charge in [-0.2, -0.15) is 15.4 Å². The Hall–Kier alpha value is -2.16. The topological polar surface area (TPSA) is 41.6 Å². The molecule has 0 radical (unpaired) electrons. The number of H-pyrrole nitrogens is 1.